The number of para-hydroxylation sites is 1. The molecule has 1 N–H and O–H groups in total. The molecule has 0 saturated carbocycles. The van der Waals surface area contributed by atoms with Gasteiger partial charge >= 0.3 is 11.7 Å². The second-order valence-electron chi connectivity index (χ2n) is 6.18. The van der Waals surface area contributed by atoms with Gasteiger partial charge in [0.15, 0.2) is 12.4 Å². The molecule has 0 heterocycles. The fraction of sp³-hybridized carbons (Fsp3) is 0.0909. The number of nitrogens with zero attached hydrogens (tertiary/aromatic N) is 1. The molecule has 0 aromatic heterocycles. The Morgan fingerprint density at radius 2 is 1.70 bits per heavy atom. The van der Waals surface area contributed by atoms with Crippen LogP contribution in [-0.4, -0.2) is 30.5 Å². The lowest BCUT2D eigenvalue weighted by molar-refractivity contribution is -0.385. The van der Waals surface area contributed by atoms with Crippen LogP contribution >= 0.6 is 0 Å². The van der Waals surface area contributed by atoms with E-state index in [2.05, 4.69) is 10.1 Å². The zero-order chi connectivity index (χ0) is 21.5. The van der Waals surface area contributed by atoms with Crippen LogP contribution < -0.4 is 10.1 Å². The van der Waals surface area contributed by atoms with Crippen molar-refractivity contribution in [3.05, 3.63) is 88.5 Å². The highest BCUT2D eigenvalue weighted by Gasteiger charge is 2.20. The van der Waals surface area contributed by atoms with Gasteiger partial charge in [0.2, 0.25) is 0 Å². The third kappa shape index (κ3) is 4.79. The summed E-state index contributed by atoms with van der Waals surface area (Å²) in [5, 5.41) is 14.1. The van der Waals surface area contributed by atoms with Gasteiger partial charge in [-0.3, -0.25) is 14.9 Å². The van der Waals surface area contributed by atoms with E-state index in [1.54, 1.807) is 12.1 Å². The maximum Gasteiger partial charge on any atom is 0.338 e. The van der Waals surface area contributed by atoms with Crippen molar-refractivity contribution in [2.75, 3.05) is 19.0 Å². The number of carbonyl (C=O) groups excluding carboxylic acids is 2. The predicted octanol–water partition coefficient (Wildman–Crippen LogP) is 4.07. The van der Waals surface area contributed by atoms with E-state index >= 15 is 0 Å². The summed E-state index contributed by atoms with van der Waals surface area (Å²) < 4.78 is 9.90. The Morgan fingerprint density at radius 1 is 1.00 bits per heavy atom. The molecule has 0 saturated heterocycles. The normalized spacial score (nSPS) is 10.2. The van der Waals surface area contributed by atoms with E-state index in [0.717, 1.165) is 17.2 Å². The number of methoxy groups -OCH3 is 1. The van der Waals surface area contributed by atoms with Crippen molar-refractivity contribution in [2.45, 2.75) is 0 Å². The van der Waals surface area contributed by atoms with Gasteiger partial charge < -0.3 is 14.8 Å². The molecule has 30 heavy (non-hydrogen) atoms. The van der Waals surface area contributed by atoms with Gasteiger partial charge in [-0.05, 0) is 23.8 Å². The molecule has 3 rings (SSSR count). The molecule has 0 aliphatic heterocycles. The maximum absolute atomic E-state index is 12.4. The Balaban J connectivity index is 1.73. The summed E-state index contributed by atoms with van der Waals surface area (Å²) in [7, 11) is 1.18. The minimum absolute atomic E-state index is 0.0118. The number of nitro benzene ring substituents is 1. The highest BCUT2D eigenvalue weighted by molar-refractivity contribution is 5.96. The summed E-state index contributed by atoms with van der Waals surface area (Å²) in [5.74, 6) is -1.32. The van der Waals surface area contributed by atoms with E-state index in [1.807, 2.05) is 42.5 Å². The molecule has 0 bridgehead atoms. The molecule has 152 valence electrons. The fourth-order valence-electron chi connectivity index (χ4n) is 2.82. The molecule has 8 heteroatoms. The number of amides is 1. The van der Waals surface area contributed by atoms with E-state index in [9.17, 15) is 19.7 Å². The van der Waals surface area contributed by atoms with Gasteiger partial charge in [-0.15, -0.1) is 0 Å². The quantitative estimate of drug-likeness (QED) is 0.360. The highest BCUT2D eigenvalue weighted by atomic mass is 16.6. The number of ether oxygens (including phenoxy) is 2. The van der Waals surface area contributed by atoms with E-state index in [1.165, 1.54) is 19.2 Å². The monoisotopic (exact) mass is 406 g/mol. The van der Waals surface area contributed by atoms with Crippen LogP contribution in [0.5, 0.6) is 5.75 Å². The number of esters is 1. The zero-order valence-corrected chi connectivity index (χ0v) is 16.0. The molecule has 0 aliphatic rings. The topological polar surface area (TPSA) is 108 Å². The van der Waals surface area contributed by atoms with Crippen molar-refractivity contribution in [2.24, 2.45) is 0 Å². The van der Waals surface area contributed by atoms with Crippen LogP contribution in [0.1, 0.15) is 10.4 Å². The van der Waals surface area contributed by atoms with Crippen molar-refractivity contribution in [1.29, 1.82) is 0 Å². The molecular formula is C22H18N2O6. The van der Waals surface area contributed by atoms with E-state index in [4.69, 9.17) is 4.74 Å². The summed E-state index contributed by atoms with van der Waals surface area (Å²) in [4.78, 5) is 34.6. The number of carbonyl (C=O) groups is 2. The summed E-state index contributed by atoms with van der Waals surface area (Å²) in [6, 6.07) is 20.5. The largest absolute Gasteiger partial charge is 0.477 e. The molecule has 0 aliphatic carbocycles. The van der Waals surface area contributed by atoms with Crippen LogP contribution in [0.2, 0.25) is 0 Å². The van der Waals surface area contributed by atoms with Crippen molar-refractivity contribution in [3.63, 3.8) is 0 Å². The first-order valence-corrected chi connectivity index (χ1v) is 8.93. The molecule has 0 spiro atoms. The molecule has 3 aromatic rings. The van der Waals surface area contributed by atoms with Crippen LogP contribution in [-0.2, 0) is 9.53 Å². The van der Waals surface area contributed by atoms with Crippen LogP contribution in [0.4, 0.5) is 11.4 Å². The van der Waals surface area contributed by atoms with Crippen LogP contribution in [0.25, 0.3) is 11.1 Å². The Hall–Kier alpha value is -4.20. The molecular weight excluding hydrogens is 388 g/mol. The van der Waals surface area contributed by atoms with Crippen molar-refractivity contribution < 1.29 is 24.0 Å². The minimum Gasteiger partial charge on any atom is -0.477 e. The number of nitrogens with one attached hydrogen (secondary N) is 1. The molecule has 3 aromatic carbocycles. The number of benzene rings is 3. The van der Waals surface area contributed by atoms with Gasteiger partial charge in [-0.25, -0.2) is 4.79 Å². The lowest BCUT2D eigenvalue weighted by Crippen LogP contribution is -2.21. The van der Waals surface area contributed by atoms with Gasteiger partial charge in [0.1, 0.15) is 0 Å². The first-order valence-electron chi connectivity index (χ1n) is 8.93. The predicted molar refractivity (Wildman–Crippen MR) is 110 cm³/mol. The molecule has 0 fully saturated rings. The van der Waals surface area contributed by atoms with Crippen molar-refractivity contribution >= 4 is 23.3 Å². The summed E-state index contributed by atoms with van der Waals surface area (Å²) in [6.07, 6.45) is 0. The average molecular weight is 406 g/mol. The first kappa shape index (κ1) is 20.5. The second kappa shape index (κ2) is 9.33. The van der Waals surface area contributed by atoms with Crippen molar-refractivity contribution in [3.8, 4) is 16.9 Å². The molecule has 0 atom stereocenters. The molecule has 1 amide bonds. The smallest absolute Gasteiger partial charge is 0.338 e. The Bertz CT molecular complexity index is 1080. The minimum atomic E-state index is -0.708. The summed E-state index contributed by atoms with van der Waals surface area (Å²) in [6.45, 7) is -0.443. The van der Waals surface area contributed by atoms with Crippen molar-refractivity contribution in [1.82, 2.24) is 0 Å². The summed E-state index contributed by atoms with van der Waals surface area (Å²) in [5.41, 5.74) is 1.93. The van der Waals surface area contributed by atoms with E-state index in [0.29, 0.717) is 5.69 Å². The maximum atomic E-state index is 12.4. The average Bonchev–Trinajstić information content (AvgIpc) is 2.78. The number of nitro groups is 1. The Morgan fingerprint density at radius 3 is 2.40 bits per heavy atom. The van der Waals surface area contributed by atoms with Gasteiger partial charge in [0.25, 0.3) is 5.91 Å². The number of anilines is 1. The molecule has 0 radical (unpaired) electrons. The molecule has 0 unspecified atom stereocenters. The SMILES string of the molecule is COC(=O)c1ccc(OCC(=O)Nc2ccccc2-c2ccccc2)c([N+](=O)[O-])c1. The summed E-state index contributed by atoms with van der Waals surface area (Å²) >= 11 is 0. The third-order valence-electron chi connectivity index (χ3n) is 4.22. The van der Waals surface area contributed by atoms with Gasteiger partial charge in [-0.1, -0.05) is 48.5 Å². The Labute approximate surface area is 172 Å². The highest BCUT2D eigenvalue weighted by Crippen LogP contribution is 2.29. The lowest BCUT2D eigenvalue weighted by atomic mass is 10.0. The first-order chi connectivity index (χ1) is 14.5. The lowest BCUT2D eigenvalue weighted by Gasteiger charge is -2.12. The van der Waals surface area contributed by atoms with E-state index < -0.39 is 29.1 Å². The van der Waals surface area contributed by atoms with Crippen LogP contribution in [0.3, 0.4) is 0 Å². The standard InChI is InChI=1S/C22H18N2O6/c1-29-22(26)16-11-12-20(19(13-16)24(27)28)30-14-21(25)23-18-10-6-5-9-17(18)15-7-3-2-4-8-15/h2-13H,14H2,1H3,(H,23,25). The van der Waals surface area contributed by atoms with Crippen LogP contribution in [0, 0.1) is 10.1 Å². The Kier molecular flexibility index (Phi) is 6.39. The second-order valence-corrected chi connectivity index (χ2v) is 6.18. The van der Waals surface area contributed by atoms with E-state index in [-0.39, 0.29) is 11.3 Å². The van der Waals surface area contributed by atoms with Gasteiger partial charge in [0, 0.05) is 17.3 Å². The van der Waals surface area contributed by atoms with Crippen LogP contribution in [0.15, 0.2) is 72.8 Å². The number of hydrogen-bond acceptors (Lipinski definition) is 6. The molecule has 8 nitrogen and oxygen atoms in total. The van der Waals surface area contributed by atoms with Gasteiger partial charge in [0.05, 0.1) is 17.6 Å². The number of rotatable bonds is 7. The number of hydrogen-bond donors (Lipinski definition) is 1. The fourth-order valence-corrected chi connectivity index (χ4v) is 2.82. The third-order valence-corrected chi connectivity index (χ3v) is 4.22. The van der Waals surface area contributed by atoms with Gasteiger partial charge in [-0.2, -0.15) is 0 Å². The zero-order valence-electron chi connectivity index (χ0n) is 16.0.